The van der Waals surface area contributed by atoms with Gasteiger partial charge in [0.2, 0.25) is 0 Å². The fourth-order valence-corrected chi connectivity index (χ4v) is 2.21. The molecule has 0 aliphatic carbocycles. The van der Waals surface area contributed by atoms with Crippen LogP contribution >= 0.6 is 27.3 Å². The van der Waals surface area contributed by atoms with E-state index < -0.39 is 0 Å². The van der Waals surface area contributed by atoms with Crippen molar-refractivity contribution in [2.24, 2.45) is 0 Å². The summed E-state index contributed by atoms with van der Waals surface area (Å²) in [4.78, 5) is 11.9. The van der Waals surface area contributed by atoms with Crippen molar-refractivity contribution in [3.05, 3.63) is 50.6 Å². The highest BCUT2D eigenvalue weighted by Crippen LogP contribution is 2.22. The lowest BCUT2D eigenvalue weighted by Gasteiger charge is -2.05. The predicted octanol–water partition coefficient (Wildman–Crippen LogP) is 3.90. The molecule has 0 aliphatic rings. The largest absolute Gasteiger partial charge is 0.488 e. The normalized spacial score (nSPS) is 10.1. The molecular formula is C12H9BrO2S. The summed E-state index contributed by atoms with van der Waals surface area (Å²) in [7, 11) is 0. The molecule has 16 heavy (non-hydrogen) atoms. The summed E-state index contributed by atoms with van der Waals surface area (Å²) >= 11 is 4.95. The molecule has 1 heterocycles. The molecule has 2 nitrogen and oxygen atoms in total. The van der Waals surface area contributed by atoms with Crippen molar-refractivity contribution in [1.82, 2.24) is 0 Å². The van der Waals surface area contributed by atoms with Gasteiger partial charge >= 0.3 is 0 Å². The maximum absolute atomic E-state index is 10.7. The van der Waals surface area contributed by atoms with Crippen LogP contribution in [-0.4, -0.2) is 6.29 Å². The molecule has 4 heteroatoms. The van der Waals surface area contributed by atoms with Gasteiger partial charge in [-0.15, -0.1) is 11.3 Å². The number of thiophene rings is 1. The van der Waals surface area contributed by atoms with Crippen LogP contribution in [0.3, 0.4) is 0 Å². The van der Waals surface area contributed by atoms with Gasteiger partial charge in [-0.2, -0.15) is 0 Å². The molecule has 82 valence electrons. The van der Waals surface area contributed by atoms with Gasteiger partial charge in [0.25, 0.3) is 0 Å². The van der Waals surface area contributed by atoms with E-state index in [-0.39, 0.29) is 0 Å². The predicted molar refractivity (Wildman–Crippen MR) is 68.2 cm³/mol. The fourth-order valence-electron chi connectivity index (χ4n) is 1.25. The third-order valence-electron chi connectivity index (χ3n) is 2.06. The Balaban J connectivity index is 2.07. The van der Waals surface area contributed by atoms with Crippen LogP contribution in [0.2, 0.25) is 0 Å². The van der Waals surface area contributed by atoms with Gasteiger partial charge in [-0.25, -0.2) is 0 Å². The Hall–Kier alpha value is -1.13. The lowest BCUT2D eigenvalue weighted by molar-refractivity contribution is 0.112. The zero-order valence-corrected chi connectivity index (χ0v) is 10.8. The van der Waals surface area contributed by atoms with Crippen LogP contribution in [0.5, 0.6) is 5.75 Å². The quantitative estimate of drug-likeness (QED) is 0.800. The van der Waals surface area contributed by atoms with Gasteiger partial charge in [-0.1, -0.05) is 22.0 Å². The topological polar surface area (TPSA) is 26.3 Å². The van der Waals surface area contributed by atoms with Crippen LogP contribution in [-0.2, 0) is 6.61 Å². The van der Waals surface area contributed by atoms with Gasteiger partial charge in [0.15, 0.2) is 6.29 Å². The summed E-state index contributed by atoms with van der Waals surface area (Å²) in [6, 6.07) is 9.38. The summed E-state index contributed by atoms with van der Waals surface area (Å²) < 4.78 is 6.36. The van der Waals surface area contributed by atoms with Gasteiger partial charge in [0.1, 0.15) is 12.4 Å². The number of rotatable bonds is 4. The molecule has 1 aromatic carbocycles. The van der Waals surface area contributed by atoms with E-state index in [0.29, 0.717) is 17.9 Å². The molecule has 0 unspecified atom stereocenters. The minimum Gasteiger partial charge on any atom is -0.488 e. The van der Waals surface area contributed by atoms with Gasteiger partial charge < -0.3 is 4.74 Å². The van der Waals surface area contributed by atoms with Crippen molar-refractivity contribution in [3.8, 4) is 5.75 Å². The van der Waals surface area contributed by atoms with Crippen LogP contribution in [0.25, 0.3) is 0 Å². The van der Waals surface area contributed by atoms with E-state index in [1.807, 2.05) is 29.6 Å². The van der Waals surface area contributed by atoms with Crippen molar-refractivity contribution in [2.45, 2.75) is 6.61 Å². The SMILES string of the molecule is O=Cc1cc(OCc2cccs2)ccc1Br. The summed E-state index contributed by atoms with van der Waals surface area (Å²) in [5.41, 5.74) is 0.601. The Bertz CT molecular complexity index is 480. The van der Waals surface area contributed by atoms with Gasteiger partial charge in [-0.3, -0.25) is 4.79 Å². The van der Waals surface area contributed by atoms with Crippen LogP contribution in [0.15, 0.2) is 40.2 Å². The highest BCUT2D eigenvalue weighted by molar-refractivity contribution is 9.10. The molecule has 0 fully saturated rings. The Morgan fingerprint density at radius 3 is 2.94 bits per heavy atom. The first kappa shape index (κ1) is 11.4. The van der Waals surface area contributed by atoms with E-state index >= 15 is 0 Å². The van der Waals surface area contributed by atoms with Crippen molar-refractivity contribution in [1.29, 1.82) is 0 Å². The Labute approximate surface area is 106 Å². The summed E-state index contributed by atoms with van der Waals surface area (Å²) in [5, 5.41) is 2.01. The summed E-state index contributed by atoms with van der Waals surface area (Å²) in [6.45, 7) is 0.539. The number of ether oxygens (including phenoxy) is 1. The van der Waals surface area contributed by atoms with Crippen molar-refractivity contribution >= 4 is 33.6 Å². The third kappa shape index (κ3) is 2.71. The standard InChI is InChI=1S/C12H9BrO2S/c13-12-4-3-10(6-9(12)7-14)15-8-11-2-1-5-16-11/h1-7H,8H2. The van der Waals surface area contributed by atoms with Crippen molar-refractivity contribution in [2.75, 3.05) is 0 Å². The number of carbonyl (C=O) groups is 1. The number of benzene rings is 1. The zero-order valence-electron chi connectivity index (χ0n) is 8.35. The molecule has 0 N–H and O–H groups in total. The van der Waals surface area contributed by atoms with Crippen molar-refractivity contribution < 1.29 is 9.53 Å². The molecule has 1 aromatic heterocycles. The van der Waals surface area contributed by atoms with E-state index in [1.165, 1.54) is 0 Å². The van der Waals surface area contributed by atoms with E-state index in [0.717, 1.165) is 15.6 Å². The molecule has 0 aliphatic heterocycles. The lowest BCUT2D eigenvalue weighted by Crippen LogP contribution is -1.94. The minimum atomic E-state index is 0.539. The van der Waals surface area contributed by atoms with E-state index in [4.69, 9.17) is 4.74 Å². The Morgan fingerprint density at radius 1 is 1.38 bits per heavy atom. The van der Waals surface area contributed by atoms with Crippen LogP contribution in [0.1, 0.15) is 15.2 Å². The monoisotopic (exact) mass is 296 g/mol. The molecular weight excluding hydrogens is 288 g/mol. The maximum atomic E-state index is 10.7. The van der Waals surface area contributed by atoms with E-state index in [9.17, 15) is 4.79 Å². The summed E-state index contributed by atoms with van der Waals surface area (Å²) in [6.07, 6.45) is 0.808. The first-order valence-electron chi connectivity index (χ1n) is 4.69. The first-order valence-corrected chi connectivity index (χ1v) is 6.37. The maximum Gasteiger partial charge on any atom is 0.151 e. The van der Waals surface area contributed by atoms with Crippen LogP contribution < -0.4 is 4.74 Å². The minimum absolute atomic E-state index is 0.539. The third-order valence-corrected chi connectivity index (χ3v) is 3.63. The number of hydrogen-bond acceptors (Lipinski definition) is 3. The molecule has 0 amide bonds. The second kappa shape index (κ2) is 5.27. The molecule has 2 aromatic rings. The van der Waals surface area contributed by atoms with E-state index in [1.54, 1.807) is 17.4 Å². The number of carbonyl (C=O) groups excluding carboxylic acids is 1. The molecule has 0 bridgehead atoms. The van der Waals surface area contributed by atoms with Gasteiger partial charge in [-0.05, 0) is 29.6 Å². The van der Waals surface area contributed by atoms with Gasteiger partial charge in [0, 0.05) is 14.9 Å². The average Bonchev–Trinajstić information content (AvgIpc) is 2.81. The smallest absolute Gasteiger partial charge is 0.151 e. The first-order chi connectivity index (χ1) is 7.79. The lowest BCUT2D eigenvalue weighted by atomic mass is 10.2. The molecule has 2 rings (SSSR count). The molecule has 0 saturated carbocycles. The van der Waals surface area contributed by atoms with E-state index in [2.05, 4.69) is 15.9 Å². The second-order valence-corrected chi connectivity index (χ2v) is 5.06. The highest BCUT2D eigenvalue weighted by atomic mass is 79.9. The summed E-state index contributed by atoms with van der Waals surface area (Å²) in [5.74, 6) is 0.707. The number of aldehydes is 1. The van der Waals surface area contributed by atoms with Crippen molar-refractivity contribution in [3.63, 3.8) is 0 Å². The highest BCUT2D eigenvalue weighted by Gasteiger charge is 2.02. The number of halogens is 1. The zero-order chi connectivity index (χ0) is 11.4. The van der Waals surface area contributed by atoms with Gasteiger partial charge in [0.05, 0.1) is 0 Å². The average molecular weight is 297 g/mol. The molecule has 0 saturated heterocycles. The Morgan fingerprint density at radius 2 is 2.25 bits per heavy atom. The van der Waals surface area contributed by atoms with Crippen LogP contribution in [0, 0.1) is 0 Å². The molecule has 0 atom stereocenters. The second-order valence-electron chi connectivity index (χ2n) is 3.17. The molecule has 0 radical (unpaired) electrons. The number of hydrogen-bond donors (Lipinski definition) is 0. The fraction of sp³-hybridized carbons (Fsp3) is 0.0833. The molecule has 0 spiro atoms. The van der Waals surface area contributed by atoms with Crippen LogP contribution in [0.4, 0.5) is 0 Å². The Kier molecular flexibility index (Phi) is 3.74.